The van der Waals surface area contributed by atoms with Gasteiger partial charge in [0, 0.05) is 25.6 Å². The van der Waals surface area contributed by atoms with E-state index in [0.717, 1.165) is 17.1 Å². The van der Waals surface area contributed by atoms with E-state index in [0.29, 0.717) is 12.1 Å². The Hall–Kier alpha value is -2.63. The van der Waals surface area contributed by atoms with Crippen molar-refractivity contribution < 1.29 is 0 Å². The van der Waals surface area contributed by atoms with E-state index in [1.165, 1.54) is 0 Å². The molecule has 3 aromatic rings. The number of hydrogen-bond donors (Lipinski definition) is 1. The Kier molecular flexibility index (Phi) is 2.98. The summed E-state index contributed by atoms with van der Waals surface area (Å²) < 4.78 is 3.27. The number of rotatable bonds is 3. The van der Waals surface area contributed by atoms with E-state index in [4.69, 9.17) is 0 Å². The van der Waals surface area contributed by atoms with Crippen molar-refractivity contribution in [2.45, 2.75) is 13.5 Å². The van der Waals surface area contributed by atoms with Crippen LogP contribution in [0.25, 0.3) is 5.52 Å². The molecule has 102 valence electrons. The minimum Gasteiger partial charge on any atom is -0.373 e. The number of aryl methyl sites for hydroxylation is 1. The lowest BCUT2D eigenvalue weighted by Gasteiger charge is -2.06. The standard InChI is InChI=1S/C14H15N5O/c1-10-7-12-14(20)18(5-6-19(12)17-10)9-11-3-4-13(15-2)16-8-11/h3-8H,9H2,1-2H3,(H,15,16). The normalized spacial score (nSPS) is 10.9. The third-order valence-electron chi connectivity index (χ3n) is 3.16. The van der Waals surface area contributed by atoms with E-state index in [9.17, 15) is 4.79 Å². The maximum absolute atomic E-state index is 12.3. The molecule has 0 amide bonds. The number of fused-ring (bicyclic) bond motifs is 1. The van der Waals surface area contributed by atoms with Gasteiger partial charge in [-0.25, -0.2) is 9.50 Å². The fourth-order valence-electron chi connectivity index (χ4n) is 2.14. The molecule has 0 aliphatic heterocycles. The first-order valence-electron chi connectivity index (χ1n) is 6.35. The van der Waals surface area contributed by atoms with E-state index in [2.05, 4.69) is 15.4 Å². The average molecular weight is 269 g/mol. The molecular weight excluding hydrogens is 254 g/mol. The summed E-state index contributed by atoms with van der Waals surface area (Å²) in [4.78, 5) is 16.6. The molecule has 0 saturated carbocycles. The Morgan fingerprint density at radius 1 is 1.30 bits per heavy atom. The van der Waals surface area contributed by atoms with E-state index < -0.39 is 0 Å². The lowest BCUT2D eigenvalue weighted by atomic mass is 10.2. The number of aromatic nitrogens is 4. The highest BCUT2D eigenvalue weighted by Gasteiger charge is 2.06. The summed E-state index contributed by atoms with van der Waals surface area (Å²) in [5, 5.41) is 7.19. The van der Waals surface area contributed by atoms with E-state index in [1.807, 2.05) is 26.1 Å². The summed E-state index contributed by atoms with van der Waals surface area (Å²) in [6.07, 6.45) is 5.30. The first-order valence-corrected chi connectivity index (χ1v) is 6.35. The Morgan fingerprint density at radius 2 is 2.15 bits per heavy atom. The molecule has 20 heavy (non-hydrogen) atoms. The molecule has 3 aromatic heterocycles. The quantitative estimate of drug-likeness (QED) is 0.778. The molecule has 6 nitrogen and oxygen atoms in total. The molecular formula is C14H15N5O. The van der Waals surface area contributed by atoms with Crippen molar-refractivity contribution in [3.05, 3.63) is 58.4 Å². The number of nitrogens with zero attached hydrogens (tertiary/aromatic N) is 4. The van der Waals surface area contributed by atoms with Crippen molar-refractivity contribution >= 4 is 11.3 Å². The third-order valence-corrected chi connectivity index (χ3v) is 3.16. The molecule has 0 aliphatic rings. The maximum Gasteiger partial charge on any atom is 0.276 e. The highest BCUT2D eigenvalue weighted by Crippen LogP contribution is 2.06. The van der Waals surface area contributed by atoms with Crippen LogP contribution in [0.4, 0.5) is 5.82 Å². The number of nitrogens with one attached hydrogen (secondary N) is 1. The smallest absolute Gasteiger partial charge is 0.276 e. The zero-order valence-corrected chi connectivity index (χ0v) is 11.4. The number of anilines is 1. The Morgan fingerprint density at radius 3 is 2.85 bits per heavy atom. The molecule has 1 N–H and O–H groups in total. The van der Waals surface area contributed by atoms with Crippen LogP contribution in [-0.2, 0) is 6.54 Å². The largest absolute Gasteiger partial charge is 0.373 e. The monoisotopic (exact) mass is 269 g/mol. The number of pyridine rings is 1. The highest BCUT2D eigenvalue weighted by atomic mass is 16.1. The SMILES string of the molecule is CNc1ccc(Cn2ccn3nc(C)cc3c2=O)cn1. The van der Waals surface area contributed by atoms with Crippen LogP contribution >= 0.6 is 0 Å². The minimum absolute atomic E-state index is 0.0502. The van der Waals surface area contributed by atoms with Crippen molar-refractivity contribution in [2.75, 3.05) is 12.4 Å². The molecule has 0 radical (unpaired) electrons. The third kappa shape index (κ3) is 2.16. The zero-order valence-electron chi connectivity index (χ0n) is 11.4. The second kappa shape index (κ2) is 4.80. The van der Waals surface area contributed by atoms with Gasteiger partial charge in [-0.05, 0) is 24.6 Å². The van der Waals surface area contributed by atoms with Gasteiger partial charge < -0.3 is 9.88 Å². The summed E-state index contributed by atoms with van der Waals surface area (Å²) in [6, 6.07) is 5.64. The lowest BCUT2D eigenvalue weighted by Crippen LogP contribution is -2.21. The second-order valence-electron chi connectivity index (χ2n) is 4.65. The fraction of sp³-hybridized carbons (Fsp3) is 0.214. The Balaban J connectivity index is 1.97. The molecule has 3 heterocycles. The zero-order chi connectivity index (χ0) is 14.1. The summed E-state index contributed by atoms with van der Waals surface area (Å²) in [5.41, 5.74) is 2.35. The van der Waals surface area contributed by atoms with Crippen LogP contribution in [0.15, 0.2) is 41.6 Å². The van der Waals surface area contributed by atoms with Crippen LogP contribution in [-0.4, -0.2) is 26.2 Å². The summed E-state index contributed by atoms with van der Waals surface area (Å²) in [6.45, 7) is 2.37. The van der Waals surface area contributed by atoms with E-state index >= 15 is 0 Å². The predicted octanol–water partition coefficient (Wildman–Crippen LogP) is 1.29. The van der Waals surface area contributed by atoms with E-state index in [-0.39, 0.29) is 5.56 Å². The van der Waals surface area contributed by atoms with Gasteiger partial charge in [0.1, 0.15) is 11.3 Å². The average Bonchev–Trinajstić information content (AvgIpc) is 2.84. The molecule has 0 fully saturated rings. The van der Waals surface area contributed by atoms with Crippen molar-refractivity contribution in [1.29, 1.82) is 0 Å². The second-order valence-corrected chi connectivity index (χ2v) is 4.65. The van der Waals surface area contributed by atoms with Crippen LogP contribution in [0.5, 0.6) is 0 Å². The van der Waals surface area contributed by atoms with Crippen LogP contribution in [0.2, 0.25) is 0 Å². The first-order chi connectivity index (χ1) is 9.67. The molecule has 0 spiro atoms. The van der Waals surface area contributed by atoms with Crippen LogP contribution in [0.1, 0.15) is 11.3 Å². The molecule has 0 unspecified atom stereocenters. The lowest BCUT2D eigenvalue weighted by molar-refractivity contribution is 0.739. The summed E-state index contributed by atoms with van der Waals surface area (Å²) in [5.74, 6) is 0.808. The van der Waals surface area contributed by atoms with Gasteiger partial charge in [-0.1, -0.05) is 6.07 Å². The molecule has 0 bridgehead atoms. The molecule has 0 aliphatic carbocycles. The van der Waals surface area contributed by atoms with Gasteiger partial charge in [-0.15, -0.1) is 0 Å². The van der Waals surface area contributed by atoms with Crippen molar-refractivity contribution in [3.8, 4) is 0 Å². The molecule has 0 aromatic carbocycles. The first kappa shape index (κ1) is 12.4. The van der Waals surface area contributed by atoms with Gasteiger partial charge in [0.05, 0.1) is 12.2 Å². The summed E-state index contributed by atoms with van der Waals surface area (Å²) in [7, 11) is 1.82. The topological polar surface area (TPSA) is 64.2 Å². The maximum atomic E-state index is 12.3. The Bertz CT molecular complexity index is 801. The van der Waals surface area contributed by atoms with E-state index in [1.54, 1.807) is 33.7 Å². The van der Waals surface area contributed by atoms with Gasteiger partial charge in [0.15, 0.2) is 0 Å². The fourth-order valence-corrected chi connectivity index (χ4v) is 2.14. The molecule has 6 heteroatoms. The van der Waals surface area contributed by atoms with Crippen LogP contribution < -0.4 is 10.9 Å². The van der Waals surface area contributed by atoms with Crippen molar-refractivity contribution in [1.82, 2.24) is 19.2 Å². The van der Waals surface area contributed by atoms with Crippen molar-refractivity contribution in [2.24, 2.45) is 0 Å². The van der Waals surface area contributed by atoms with Gasteiger partial charge >= 0.3 is 0 Å². The van der Waals surface area contributed by atoms with Gasteiger partial charge in [0.2, 0.25) is 0 Å². The van der Waals surface area contributed by atoms with Crippen LogP contribution in [0.3, 0.4) is 0 Å². The van der Waals surface area contributed by atoms with Crippen LogP contribution in [0, 0.1) is 6.92 Å². The molecule has 0 atom stereocenters. The number of hydrogen-bond acceptors (Lipinski definition) is 4. The van der Waals surface area contributed by atoms with Gasteiger partial charge in [-0.3, -0.25) is 4.79 Å². The Labute approximate surface area is 115 Å². The molecule has 0 saturated heterocycles. The molecule has 3 rings (SSSR count). The van der Waals surface area contributed by atoms with Crippen molar-refractivity contribution in [3.63, 3.8) is 0 Å². The predicted molar refractivity (Wildman–Crippen MR) is 77.1 cm³/mol. The highest BCUT2D eigenvalue weighted by molar-refractivity contribution is 5.45. The van der Waals surface area contributed by atoms with Gasteiger partial charge in [0.25, 0.3) is 5.56 Å². The van der Waals surface area contributed by atoms with Gasteiger partial charge in [-0.2, -0.15) is 5.10 Å². The minimum atomic E-state index is -0.0502. The summed E-state index contributed by atoms with van der Waals surface area (Å²) >= 11 is 0.